The molecule has 1 aromatic carbocycles. The van der Waals surface area contributed by atoms with Crippen LogP contribution in [0.1, 0.15) is 41.6 Å². The van der Waals surface area contributed by atoms with Crippen LogP contribution in [0.5, 0.6) is 5.75 Å². The van der Waals surface area contributed by atoms with E-state index in [4.69, 9.17) is 0 Å². The average molecular weight is 249 g/mol. The number of carbonyl (C=O) groups excluding carboxylic acids is 1. The van der Waals surface area contributed by atoms with E-state index in [-0.39, 0.29) is 23.3 Å². The summed E-state index contributed by atoms with van der Waals surface area (Å²) in [5.74, 6) is -0.342. The summed E-state index contributed by atoms with van der Waals surface area (Å²) in [4.78, 5) is 12.0. The number of aryl methyl sites for hydroxylation is 1. The van der Waals surface area contributed by atoms with Crippen molar-refractivity contribution in [3.63, 3.8) is 0 Å². The van der Waals surface area contributed by atoms with Gasteiger partial charge in [0.15, 0.2) is 0 Å². The van der Waals surface area contributed by atoms with Crippen molar-refractivity contribution in [3.05, 3.63) is 29.3 Å². The first-order valence-electron chi connectivity index (χ1n) is 6.36. The third kappa shape index (κ3) is 2.82. The van der Waals surface area contributed by atoms with Gasteiger partial charge in [0.1, 0.15) is 5.75 Å². The van der Waals surface area contributed by atoms with Crippen LogP contribution in [0.3, 0.4) is 0 Å². The Bertz CT molecular complexity index is 445. The van der Waals surface area contributed by atoms with Gasteiger partial charge in [0, 0.05) is 0 Å². The Morgan fingerprint density at radius 2 is 2.06 bits per heavy atom. The Labute approximate surface area is 107 Å². The summed E-state index contributed by atoms with van der Waals surface area (Å²) in [6.07, 6.45) is 3.06. The lowest BCUT2D eigenvalue weighted by molar-refractivity contribution is 0.0715. The molecule has 0 bridgehead atoms. The van der Waals surface area contributed by atoms with E-state index in [1.807, 2.05) is 6.92 Å². The summed E-state index contributed by atoms with van der Waals surface area (Å²) in [5, 5.41) is 22.3. The van der Waals surface area contributed by atoms with Crippen molar-refractivity contribution < 1.29 is 15.0 Å². The number of hydrogen-bond acceptors (Lipinski definition) is 3. The van der Waals surface area contributed by atoms with Crippen LogP contribution in [-0.4, -0.2) is 28.3 Å². The lowest BCUT2D eigenvalue weighted by Crippen LogP contribution is -2.45. The third-order valence-corrected chi connectivity index (χ3v) is 3.44. The molecular formula is C14H19NO3. The van der Waals surface area contributed by atoms with Gasteiger partial charge in [-0.05, 0) is 31.9 Å². The zero-order valence-corrected chi connectivity index (χ0v) is 10.5. The van der Waals surface area contributed by atoms with E-state index in [1.165, 1.54) is 6.07 Å². The fourth-order valence-electron chi connectivity index (χ4n) is 2.36. The highest BCUT2D eigenvalue weighted by atomic mass is 16.3. The SMILES string of the molecule is Cc1ccc(O)c(C(=O)N[C@H]2CCCC[C@@H]2O)c1. The molecule has 98 valence electrons. The molecule has 0 spiro atoms. The number of rotatable bonds is 2. The van der Waals surface area contributed by atoms with Crippen molar-refractivity contribution in [3.8, 4) is 5.75 Å². The minimum Gasteiger partial charge on any atom is -0.507 e. The van der Waals surface area contributed by atoms with Gasteiger partial charge in [-0.15, -0.1) is 0 Å². The fourth-order valence-corrected chi connectivity index (χ4v) is 2.36. The molecular weight excluding hydrogens is 230 g/mol. The van der Waals surface area contributed by atoms with Crippen molar-refractivity contribution in [1.29, 1.82) is 0 Å². The van der Waals surface area contributed by atoms with Crippen molar-refractivity contribution in [2.45, 2.75) is 44.8 Å². The normalized spacial score (nSPS) is 23.7. The third-order valence-electron chi connectivity index (χ3n) is 3.44. The molecule has 0 aliphatic heterocycles. The molecule has 1 aromatic rings. The Balaban J connectivity index is 2.09. The van der Waals surface area contributed by atoms with Gasteiger partial charge >= 0.3 is 0 Å². The van der Waals surface area contributed by atoms with E-state index < -0.39 is 6.10 Å². The average Bonchev–Trinajstić information content (AvgIpc) is 2.35. The Hall–Kier alpha value is -1.55. The van der Waals surface area contributed by atoms with Gasteiger partial charge < -0.3 is 15.5 Å². The molecule has 3 N–H and O–H groups in total. The number of carbonyl (C=O) groups is 1. The summed E-state index contributed by atoms with van der Waals surface area (Å²) >= 11 is 0. The second-order valence-corrected chi connectivity index (χ2v) is 4.95. The molecule has 2 rings (SSSR count). The summed E-state index contributed by atoms with van der Waals surface area (Å²) in [6.45, 7) is 1.87. The van der Waals surface area contributed by atoms with Crippen LogP contribution < -0.4 is 5.32 Å². The van der Waals surface area contributed by atoms with Crippen LogP contribution in [0.2, 0.25) is 0 Å². The van der Waals surface area contributed by atoms with Crippen LogP contribution in [0.4, 0.5) is 0 Å². The van der Waals surface area contributed by atoms with Gasteiger partial charge in [0.25, 0.3) is 5.91 Å². The lowest BCUT2D eigenvalue weighted by atomic mass is 9.92. The van der Waals surface area contributed by atoms with Gasteiger partial charge in [-0.3, -0.25) is 4.79 Å². The number of aliphatic hydroxyl groups excluding tert-OH is 1. The van der Waals surface area contributed by atoms with Crippen molar-refractivity contribution >= 4 is 5.91 Å². The number of benzene rings is 1. The predicted molar refractivity (Wildman–Crippen MR) is 68.6 cm³/mol. The van der Waals surface area contributed by atoms with Gasteiger partial charge in [-0.25, -0.2) is 0 Å². The van der Waals surface area contributed by atoms with E-state index in [2.05, 4.69) is 5.32 Å². The van der Waals surface area contributed by atoms with Gasteiger partial charge in [-0.1, -0.05) is 24.5 Å². The Kier molecular flexibility index (Phi) is 3.87. The fraction of sp³-hybridized carbons (Fsp3) is 0.500. The quantitative estimate of drug-likeness (QED) is 0.747. The van der Waals surface area contributed by atoms with Gasteiger partial charge in [0.05, 0.1) is 17.7 Å². The molecule has 1 aliphatic rings. The number of aliphatic hydroxyl groups is 1. The molecule has 1 aliphatic carbocycles. The van der Waals surface area contributed by atoms with Crippen LogP contribution in [0.15, 0.2) is 18.2 Å². The molecule has 4 heteroatoms. The van der Waals surface area contributed by atoms with Crippen LogP contribution in [-0.2, 0) is 0 Å². The number of hydrogen-bond donors (Lipinski definition) is 3. The smallest absolute Gasteiger partial charge is 0.255 e. The maximum atomic E-state index is 12.0. The first kappa shape index (κ1) is 12.9. The lowest BCUT2D eigenvalue weighted by Gasteiger charge is -2.28. The van der Waals surface area contributed by atoms with E-state index in [9.17, 15) is 15.0 Å². The van der Waals surface area contributed by atoms with E-state index in [1.54, 1.807) is 12.1 Å². The number of phenolic OH excluding ortho intramolecular Hbond substituents is 1. The molecule has 1 fully saturated rings. The van der Waals surface area contributed by atoms with E-state index in [0.717, 1.165) is 31.2 Å². The molecule has 18 heavy (non-hydrogen) atoms. The van der Waals surface area contributed by atoms with E-state index >= 15 is 0 Å². The van der Waals surface area contributed by atoms with Crippen LogP contribution in [0.25, 0.3) is 0 Å². The predicted octanol–water partition coefficient (Wildman–Crippen LogP) is 1.73. The van der Waals surface area contributed by atoms with Gasteiger partial charge in [-0.2, -0.15) is 0 Å². The summed E-state index contributed by atoms with van der Waals surface area (Å²) < 4.78 is 0. The monoisotopic (exact) mass is 249 g/mol. The minimum absolute atomic E-state index is 0.0246. The van der Waals surface area contributed by atoms with Crippen LogP contribution >= 0.6 is 0 Å². The molecule has 0 unspecified atom stereocenters. The zero-order valence-electron chi connectivity index (χ0n) is 10.5. The molecule has 0 heterocycles. The molecule has 1 amide bonds. The maximum absolute atomic E-state index is 12.0. The maximum Gasteiger partial charge on any atom is 0.255 e. The number of phenols is 1. The Morgan fingerprint density at radius 1 is 1.33 bits per heavy atom. The number of aromatic hydroxyl groups is 1. The minimum atomic E-state index is -0.477. The summed E-state index contributed by atoms with van der Waals surface area (Å²) in [5.41, 5.74) is 1.19. The first-order chi connectivity index (χ1) is 8.58. The van der Waals surface area contributed by atoms with Crippen molar-refractivity contribution in [2.24, 2.45) is 0 Å². The zero-order chi connectivity index (χ0) is 13.1. The number of nitrogens with one attached hydrogen (secondary N) is 1. The second kappa shape index (κ2) is 5.40. The Morgan fingerprint density at radius 3 is 2.78 bits per heavy atom. The molecule has 4 nitrogen and oxygen atoms in total. The summed E-state index contributed by atoms with van der Waals surface area (Å²) in [7, 11) is 0. The molecule has 0 aromatic heterocycles. The molecule has 1 saturated carbocycles. The number of amides is 1. The van der Waals surface area contributed by atoms with Crippen molar-refractivity contribution in [1.82, 2.24) is 5.32 Å². The summed E-state index contributed by atoms with van der Waals surface area (Å²) in [6, 6.07) is 4.72. The van der Waals surface area contributed by atoms with Crippen LogP contribution in [0, 0.1) is 6.92 Å². The van der Waals surface area contributed by atoms with Crippen molar-refractivity contribution in [2.75, 3.05) is 0 Å². The van der Waals surface area contributed by atoms with E-state index in [0.29, 0.717) is 0 Å². The molecule has 2 atom stereocenters. The molecule has 0 saturated heterocycles. The highest BCUT2D eigenvalue weighted by Crippen LogP contribution is 2.21. The first-order valence-corrected chi connectivity index (χ1v) is 6.36. The largest absolute Gasteiger partial charge is 0.507 e. The second-order valence-electron chi connectivity index (χ2n) is 4.95. The molecule has 0 radical (unpaired) electrons. The standard InChI is InChI=1S/C14H19NO3/c1-9-6-7-12(16)10(8-9)14(18)15-11-4-2-3-5-13(11)17/h6-8,11,13,16-17H,2-5H2,1H3,(H,15,18)/t11-,13-/m0/s1. The highest BCUT2D eigenvalue weighted by Gasteiger charge is 2.25. The topological polar surface area (TPSA) is 69.6 Å². The van der Waals surface area contributed by atoms with Gasteiger partial charge in [0.2, 0.25) is 0 Å². The highest BCUT2D eigenvalue weighted by molar-refractivity contribution is 5.97.